The number of benzene rings is 2. The zero-order valence-electron chi connectivity index (χ0n) is 16.5. The lowest BCUT2D eigenvalue weighted by Crippen LogP contribution is -2.03. The van der Waals surface area contributed by atoms with E-state index >= 15 is 0 Å². The van der Waals surface area contributed by atoms with Gasteiger partial charge in [-0.05, 0) is 17.2 Å². The third-order valence-corrected chi connectivity index (χ3v) is 5.89. The zero-order valence-corrected chi connectivity index (χ0v) is 17.4. The van der Waals surface area contributed by atoms with Gasteiger partial charge in [0.15, 0.2) is 15.7 Å². The molecule has 9 nitrogen and oxygen atoms in total. The van der Waals surface area contributed by atoms with Gasteiger partial charge in [0.2, 0.25) is 0 Å². The van der Waals surface area contributed by atoms with Crippen LogP contribution in [0.25, 0.3) is 22.0 Å². The highest BCUT2D eigenvalue weighted by atomic mass is 32.2. The topological polar surface area (TPSA) is 142 Å². The molecule has 0 aliphatic carbocycles. The minimum absolute atomic E-state index is 0.0226. The number of carbonyl (C=O) groups is 1. The molecule has 0 fully saturated rings. The van der Waals surface area contributed by atoms with Crippen molar-refractivity contribution in [3.63, 3.8) is 0 Å². The van der Waals surface area contributed by atoms with Crippen LogP contribution >= 0.6 is 0 Å². The fourth-order valence-electron chi connectivity index (χ4n) is 3.66. The number of hydrogen-bond donors (Lipinski definition) is 3. The monoisotopic (exact) mass is 443 g/mol. The molecule has 0 saturated heterocycles. The van der Waals surface area contributed by atoms with E-state index in [-0.39, 0.29) is 17.2 Å². The van der Waals surface area contributed by atoms with E-state index in [2.05, 4.69) is 25.6 Å². The molecule has 4 aromatic rings. The number of aromatic amines is 2. The SMILES string of the molecule is CC(c1nn[nH]n1)c1cccc2c(-c3ccc(CS(C)(=O)=O)c(F)c3)c(C(=O)O)[nH]c12. The van der Waals surface area contributed by atoms with Crippen molar-refractivity contribution in [2.24, 2.45) is 0 Å². The minimum Gasteiger partial charge on any atom is -0.477 e. The average molecular weight is 443 g/mol. The van der Waals surface area contributed by atoms with Crippen LogP contribution in [-0.4, -0.2) is 51.4 Å². The van der Waals surface area contributed by atoms with Crippen molar-refractivity contribution in [3.8, 4) is 11.1 Å². The molecule has 0 spiro atoms. The number of tetrazole rings is 1. The van der Waals surface area contributed by atoms with E-state index in [4.69, 9.17) is 0 Å². The number of aromatic nitrogens is 5. The van der Waals surface area contributed by atoms with Gasteiger partial charge in [-0.1, -0.05) is 42.5 Å². The summed E-state index contributed by atoms with van der Waals surface area (Å²) < 4.78 is 37.7. The fraction of sp³-hybridized carbons (Fsp3) is 0.200. The maximum absolute atomic E-state index is 14.6. The molecule has 2 heterocycles. The summed E-state index contributed by atoms with van der Waals surface area (Å²) in [5.41, 5.74) is 1.87. The van der Waals surface area contributed by atoms with Gasteiger partial charge in [0.1, 0.15) is 11.5 Å². The summed E-state index contributed by atoms with van der Waals surface area (Å²) in [4.78, 5) is 14.9. The number of carboxylic acids is 1. The highest BCUT2D eigenvalue weighted by Crippen LogP contribution is 2.37. The molecule has 0 radical (unpaired) electrons. The first kappa shape index (κ1) is 20.7. The highest BCUT2D eigenvalue weighted by molar-refractivity contribution is 7.89. The van der Waals surface area contributed by atoms with Crippen LogP contribution in [0.1, 0.15) is 40.3 Å². The van der Waals surface area contributed by atoms with Crippen molar-refractivity contribution in [1.29, 1.82) is 0 Å². The standard InChI is InChI=1S/C20H18FN5O4S/c1-10(19-23-25-26-24-19)13-4-3-5-14-16(18(20(27)28)22-17(13)14)11-6-7-12(15(21)8-11)9-31(2,29)30/h3-8,10,22H,9H2,1-2H3,(H,27,28)(H,23,24,25,26). The van der Waals surface area contributed by atoms with Crippen molar-refractivity contribution in [1.82, 2.24) is 25.6 Å². The van der Waals surface area contributed by atoms with Crippen molar-refractivity contribution in [2.75, 3.05) is 6.26 Å². The summed E-state index contributed by atoms with van der Waals surface area (Å²) in [6.45, 7) is 1.86. The number of nitrogens with zero attached hydrogens (tertiary/aromatic N) is 3. The number of para-hydroxylation sites is 1. The summed E-state index contributed by atoms with van der Waals surface area (Å²) in [6, 6.07) is 9.37. The number of sulfone groups is 1. The van der Waals surface area contributed by atoms with Gasteiger partial charge >= 0.3 is 5.97 Å². The van der Waals surface area contributed by atoms with Crippen LogP contribution in [0.15, 0.2) is 36.4 Å². The van der Waals surface area contributed by atoms with Crippen LogP contribution in [0.5, 0.6) is 0 Å². The molecular weight excluding hydrogens is 425 g/mol. The summed E-state index contributed by atoms with van der Waals surface area (Å²) >= 11 is 0. The first-order valence-electron chi connectivity index (χ1n) is 9.23. The Morgan fingerprint density at radius 2 is 2.03 bits per heavy atom. The summed E-state index contributed by atoms with van der Waals surface area (Å²) in [5.74, 6) is -2.21. The number of fused-ring (bicyclic) bond motifs is 1. The molecule has 160 valence electrons. The van der Waals surface area contributed by atoms with Crippen LogP contribution in [0.3, 0.4) is 0 Å². The Balaban J connectivity index is 1.90. The van der Waals surface area contributed by atoms with Crippen molar-refractivity contribution >= 4 is 26.7 Å². The van der Waals surface area contributed by atoms with Gasteiger partial charge in [0.05, 0.1) is 11.3 Å². The normalized spacial score (nSPS) is 12.9. The number of halogens is 1. The molecule has 0 saturated carbocycles. The third-order valence-electron chi connectivity index (χ3n) is 5.05. The second-order valence-electron chi connectivity index (χ2n) is 7.32. The number of carboxylic acid groups (broad SMARTS) is 1. The Morgan fingerprint density at radius 3 is 2.65 bits per heavy atom. The molecule has 3 N–H and O–H groups in total. The number of aromatic carboxylic acids is 1. The van der Waals surface area contributed by atoms with E-state index in [0.29, 0.717) is 27.9 Å². The Bertz CT molecular complexity index is 1400. The Hall–Kier alpha value is -3.60. The summed E-state index contributed by atoms with van der Waals surface area (Å²) in [5, 5.41) is 24.3. The quantitative estimate of drug-likeness (QED) is 0.416. The number of nitrogens with one attached hydrogen (secondary N) is 2. The van der Waals surface area contributed by atoms with Gasteiger partial charge in [0, 0.05) is 28.7 Å². The van der Waals surface area contributed by atoms with Gasteiger partial charge in [-0.25, -0.2) is 17.6 Å². The number of hydrogen-bond acceptors (Lipinski definition) is 6. The molecule has 0 bridgehead atoms. The van der Waals surface area contributed by atoms with Gasteiger partial charge in [-0.3, -0.25) is 0 Å². The van der Waals surface area contributed by atoms with Crippen molar-refractivity contribution < 1.29 is 22.7 Å². The lowest BCUT2D eigenvalue weighted by molar-refractivity contribution is 0.0692. The maximum atomic E-state index is 14.6. The van der Waals surface area contributed by atoms with Gasteiger partial charge < -0.3 is 10.1 Å². The Kier molecular flexibility index (Phi) is 5.05. The first-order valence-corrected chi connectivity index (χ1v) is 11.3. The van der Waals surface area contributed by atoms with E-state index in [1.807, 2.05) is 13.0 Å². The van der Waals surface area contributed by atoms with Gasteiger partial charge in [-0.2, -0.15) is 5.21 Å². The first-order chi connectivity index (χ1) is 14.7. The van der Waals surface area contributed by atoms with E-state index in [9.17, 15) is 22.7 Å². The van der Waals surface area contributed by atoms with Crippen LogP contribution in [0.2, 0.25) is 0 Å². The molecule has 2 aromatic carbocycles. The predicted octanol–water partition coefficient (Wildman–Crippen LogP) is 2.88. The Morgan fingerprint density at radius 1 is 1.26 bits per heavy atom. The lowest BCUT2D eigenvalue weighted by Gasteiger charge is -2.09. The van der Waals surface area contributed by atoms with E-state index in [0.717, 1.165) is 17.9 Å². The summed E-state index contributed by atoms with van der Waals surface area (Å²) in [7, 11) is -3.42. The van der Waals surface area contributed by atoms with Crippen LogP contribution in [-0.2, 0) is 15.6 Å². The van der Waals surface area contributed by atoms with Crippen LogP contribution in [0.4, 0.5) is 4.39 Å². The predicted molar refractivity (Wildman–Crippen MR) is 111 cm³/mol. The van der Waals surface area contributed by atoms with E-state index in [1.165, 1.54) is 12.1 Å². The van der Waals surface area contributed by atoms with Crippen molar-refractivity contribution in [2.45, 2.75) is 18.6 Å². The minimum atomic E-state index is -3.42. The highest BCUT2D eigenvalue weighted by Gasteiger charge is 2.24. The number of rotatable bonds is 6. The lowest BCUT2D eigenvalue weighted by atomic mass is 9.95. The van der Waals surface area contributed by atoms with Gasteiger partial charge in [0.25, 0.3) is 0 Å². The molecule has 1 atom stereocenters. The molecule has 2 aromatic heterocycles. The molecule has 11 heteroatoms. The number of H-pyrrole nitrogens is 2. The maximum Gasteiger partial charge on any atom is 0.352 e. The average Bonchev–Trinajstić information content (AvgIpc) is 3.35. The van der Waals surface area contributed by atoms with Gasteiger partial charge in [-0.15, -0.1) is 10.2 Å². The smallest absolute Gasteiger partial charge is 0.352 e. The molecule has 0 aliphatic heterocycles. The molecule has 31 heavy (non-hydrogen) atoms. The largest absolute Gasteiger partial charge is 0.477 e. The molecule has 1 unspecified atom stereocenters. The Labute approximate surface area is 176 Å². The molecule has 0 aliphatic rings. The second kappa shape index (κ2) is 7.58. The molecular formula is C20H18FN5O4S. The van der Waals surface area contributed by atoms with Crippen LogP contribution < -0.4 is 0 Å². The third kappa shape index (κ3) is 3.91. The fourth-order valence-corrected chi connectivity index (χ4v) is 4.45. The molecule has 4 rings (SSSR count). The van der Waals surface area contributed by atoms with E-state index < -0.39 is 27.4 Å². The zero-order chi connectivity index (χ0) is 22.3. The summed E-state index contributed by atoms with van der Waals surface area (Å²) in [6.07, 6.45) is 1.02. The second-order valence-corrected chi connectivity index (χ2v) is 9.46. The molecule has 0 amide bonds. The van der Waals surface area contributed by atoms with Crippen LogP contribution in [0, 0.1) is 5.82 Å². The van der Waals surface area contributed by atoms with E-state index in [1.54, 1.807) is 12.1 Å². The van der Waals surface area contributed by atoms with Crippen molar-refractivity contribution in [3.05, 3.63) is 64.9 Å².